The minimum atomic E-state index is 0.742. The Kier molecular flexibility index (Phi) is 7.32. The molecule has 2 aliphatic carbocycles. The van der Waals surface area contributed by atoms with Crippen molar-refractivity contribution in [1.29, 1.82) is 0 Å². The molecule has 9 aromatic rings. The number of nitrogens with zero attached hydrogens (tertiary/aromatic N) is 5. The van der Waals surface area contributed by atoms with Crippen molar-refractivity contribution in [1.82, 2.24) is 24.1 Å². The molecule has 4 aromatic heterocycles. The van der Waals surface area contributed by atoms with Gasteiger partial charge in [0.05, 0.1) is 34.3 Å². The smallest absolute Gasteiger partial charge is 0.162 e. The van der Waals surface area contributed by atoms with Crippen LogP contribution in [0.4, 0.5) is 0 Å². The van der Waals surface area contributed by atoms with Crippen molar-refractivity contribution in [2.24, 2.45) is 0 Å². The summed E-state index contributed by atoms with van der Waals surface area (Å²) in [6.45, 7) is 0. The molecule has 11 rings (SSSR count). The van der Waals surface area contributed by atoms with Gasteiger partial charge in [-0.25, -0.2) is 9.97 Å². The fraction of sp³-hybridized carbons (Fsp3) is 0.163. The Labute approximate surface area is 314 Å². The van der Waals surface area contributed by atoms with Crippen LogP contribution in [0.25, 0.3) is 78.0 Å². The van der Waals surface area contributed by atoms with Gasteiger partial charge in [0.15, 0.2) is 5.82 Å². The first kappa shape index (κ1) is 31.2. The Balaban J connectivity index is 1.08. The Morgan fingerprint density at radius 2 is 1.11 bits per heavy atom. The predicted octanol–water partition coefficient (Wildman–Crippen LogP) is 11.7. The zero-order valence-electron chi connectivity index (χ0n) is 30.2. The molecule has 0 fully saturated rings. The molecule has 0 amide bonds. The lowest BCUT2D eigenvalue weighted by atomic mass is 9.94. The van der Waals surface area contributed by atoms with Gasteiger partial charge in [-0.3, -0.25) is 9.55 Å². The zero-order valence-corrected chi connectivity index (χ0v) is 30.2. The first-order valence-electron chi connectivity index (χ1n) is 19.5. The molecule has 54 heavy (non-hydrogen) atoms. The van der Waals surface area contributed by atoms with Gasteiger partial charge in [-0.05, 0) is 92.1 Å². The van der Waals surface area contributed by atoms with Gasteiger partial charge in [-0.1, -0.05) is 103 Å². The first-order valence-corrected chi connectivity index (χ1v) is 19.5. The Bertz CT molecular complexity index is 2820. The molecule has 0 atom stereocenters. The normalized spacial score (nSPS) is 14.1. The summed E-state index contributed by atoms with van der Waals surface area (Å²) in [7, 11) is 0. The van der Waals surface area contributed by atoms with Crippen LogP contribution >= 0.6 is 0 Å². The molecule has 260 valence electrons. The Morgan fingerprint density at radius 3 is 1.91 bits per heavy atom. The van der Waals surface area contributed by atoms with Gasteiger partial charge in [0.2, 0.25) is 0 Å². The molecule has 0 bridgehead atoms. The molecule has 5 heteroatoms. The van der Waals surface area contributed by atoms with Gasteiger partial charge in [0.1, 0.15) is 5.82 Å². The molecule has 5 aromatic carbocycles. The highest BCUT2D eigenvalue weighted by molar-refractivity contribution is 5.97. The number of benzene rings is 5. The summed E-state index contributed by atoms with van der Waals surface area (Å²) in [5.74, 6) is 1.66. The molecule has 0 aliphatic heterocycles. The number of fused-ring (bicyclic) bond motifs is 7. The van der Waals surface area contributed by atoms with E-state index in [4.69, 9.17) is 15.0 Å². The minimum absolute atomic E-state index is 0.742. The summed E-state index contributed by atoms with van der Waals surface area (Å²) in [6.07, 6.45) is 11.3. The van der Waals surface area contributed by atoms with E-state index in [-0.39, 0.29) is 0 Å². The second-order valence-electron chi connectivity index (χ2n) is 14.9. The number of hydrogen-bond donors (Lipinski definition) is 0. The summed E-state index contributed by atoms with van der Waals surface area (Å²) in [5, 5.41) is 5.19. The lowest BCUT2D eigenvalue weighted by Crippen LogP contribution is -2.09. The van der Waals surface area contributed by atoms with E-state index in [2.05, 4.69) is 143 Å². The maximum Gasteiger partial charge on any atom is 0.162 e. The zero-order chi connectivity index (χ0) is 35.6. The standard InChI is InChI=1S/C49H39N5/c1-3-15-33(16-4-1)42-30-48(52-49(51-42)34-17-5-2-6-18-34)54-45-24-12-10-21-37(45)39-28-35(26-27-46(39)54)41-29-40-38-22-9-11-23-44(38)53(47(40)31-50-41)43-25-13-19-32-14-7-8-20-36(32)43/h1-8,13-20,25-31H,9-12,21-24H2. The van der Waals surface area contributed by atoms with Crippen molar-refractivity contribution in [3.05, 3.63) is 162 Å². The van der Waals surface area contributed by atoms with E-state index in [9.17, 15) is 0 Å². The van der Waals surface area contributed by atoms with Crippen molar-refractivity contribution < 1.29 is 0 Å². The third-order valence-electron chi connectivity index (χ3n) is 11.8. The molecule has 0 saturated carbocycles. The minimum Gasteiger partial charge on any atom is -0.311 e. The average molecular weight is 698 g/mol. The van der Waals surface area contributed by atoms with Gasteiger partial charge < -0.3 is 4.57 Å². The number of rotatable bonds is 5. The molecule has 5 nitrogen and oxygen atoms in total. The summed E-state index contributed by atoms with van der Waals surface area (Å²) in [6, 6.07) is 47.8. The van der Waals surface area contributed by atoms with Crippen LogP contribution in [-0.2, 0) is 25.7 Å². The summed E-state index contributed by atoms with van der Waals surface area (Å²) < 4.78 is 4.93. The molecular weight excluding hydrogens is 659 g/mol. The summed E-state index contributed by atoms with van der Waals surface area (Å²) >= 11 is 0. The maximum atomic E-state index is 5.27. The largest absolute Gasteiger partial charge is 0.311 e. The van der Waals surface area contributed by atoms with Crippen molar-refractivity contribution >= 4 is 32.6 Å². The monoisotopic (exact) mass is 697 g/mol. The quantitative estimate of drug-likeness (QED) is 0.180. The van der Waals surface area contributed by atoms with E-state index in [1.54, 1.807) is 0 Å². The third-order valence-corrected chi connectivity index (χ3v) is 11.8. The highest BCUT2D eigenvalue weighted by Gasteiger charge is 2.25. The lowest BCUT2D eigenvalue weighted by molar-refractivity contribution is 0.664. The second-order valence-corrected chi connectivity index (χ2v) is 14.9. The van der Waals surface area contributed by atoms with E-state index >= 15 is 0 Å². The van der Waals surface area contributed by atoms with Crippen LogP contribution in [0.15, 0.2) is 140 Å². The topological polar surface area (TPSA) is 48.5 Å². The summed E-state index contributed by atoms with van der Waals surface area (Å²) in [5.41, 5.74) is 14.6. The Hall–Kier alpha value is -6.33. The molecule has 2 aliphatic rings. The second kappa shape index (κ2) is 12.7. The highest BCUT2D eigenvalue weighted by Crippen LogP contribution is 2.40. The van der Waals surface area contributed by atoms with E-state index in [0.29, 0.717) is 0 Å². The van der Waals surface area contributed by atoms with Crippen molar-refractivity contribution in [2.45, 2.75) is 51.4 Å². The molecule has 4 heterocycles. The van der Waals surface area contributed by atoms with Crippen LogP contribution in [0.2, 0.25) is 0 Å². The fourth-order valence-corrected chi connectivity index (χ4v) is 9.26. The Morgan fingerprint density at radius 1 is 0.444 bits per heavy atom. The molecule has 0 unspecified atom stereocenters. The molecule has 0 radical (unpaired) electrons. The predicted molar refractivity (Wildman–Crippen MR) is 221 cm³/mol. The molecule has 0 spiro atoms. The average Bonchev–Trinajstić information content (AvgIpc) is 3.76. The lowest BCUT2D eigenvalue weighted by Gasteiger charge is -2.17. The van der Waals surface area contributed by atoms with Crippen LogP contribution in [0.5, 0.6) is 0 Å². The van der Waals surface area contributed by atoms with Crippen LogP contribution in [-0.4, -0.2) is 24.1 Å². The molecule has 0 N–H and O–H groups in total. The van der Waals surface area contributed by atoms with Gasteiger partial charge in [-0.15, -0.1) is 0 Å². The van der Waals surface area contributed by atoms with Crippen LogP contribution in [0.3, 0.4) is 0 Å². The third kappa shape index (κ3) is 5.02. The summed E-state index contributed by atoms with van der Waals surface area (Å²) in [4.78, 5) is 15.6. The van der Waals surface area contributed by atoms with Gasteiger partial charge in [-0.2, -0.15) is 0 Å². The maximum absolute atomic E-state index is 5.27. The van der Waals surface area contributed by atoms with Crippen molar-refractivity contribution in [3.63, 3.8) is 0 Å². The van der Waals surface area contributed by atoms with Gasteiger partial charge in [0.25, 0.3) is 0 Å². The molecular formula is C49H39N5. The number of pyridine rings is 1. The SMILES string of the molecule is c1ccc(-c2cc(-n3c4c(c5cc(-c6cc7c8c(n(-c9cccc%10ccccc9%10)c7cn6)CCCC8)ccc53)CCCC4)nc(-c3ccccc3)n2)cc1. The van der Waals surface area contributed by atoms with E-state index in [1.165, 1.54) is 86.5 Å². The van der Waals surface area contributed by atoms with Crippen LogP contribution in [0.1, 0.15) is 48.2 Å². The van der Waals surface area contributed by atoms with Crippen LogP contribution < -0.4 is 0 Å². The number of hydrogen-bond acceptors (Lipinski definition) is 3. The van der Waals surface area contributed by atoms with E-state index in [0.717, 1.165) is 65.4 Å². The fourth-order valence-electron chi connectivity index (χ4n) is 9.26. The van der Waals surface area contributed by atoms with Crippen LogP contribution in [0, 0.1) is 0 Å². The van der Waals surface area contributed by atoms with Gasteiger partial charge in [0, 0.05) is 50.3 Å². The van der Waals surface area contributed by atoms with Crippen molar-refractivity contribution in [2.75, 3.05) is 0 Å². The van der Waals surface area contributed by atoms with E-state index < -0.39 is 0 Å². The van der Waals surface area contributed by atoms with E-state index in [1.807, 2.05) is 6.07 Å². The molecule has 0 saturated heterocycles. The number of aryl methyl sites for hydroxylation is 2. The van der Waals surface area contributed by atoms with Gasteiger partial charge >= 0.3 is 0 Å². The van der Waals surface area contributed by atoms with Crippen molar-refractivity contribution in [3.8, 4) is 45.4 Å². The first-order chi connectivity index (χ1) is 26.8. The number of aromatic nitrogens is 5. The highest BCUT2D eigenvalue weighted by atomic mass is 15.1.